The zero-order chi connectivity index (χ0) is 20.7. The number of carbonyl (C=O) groups excluding carboxylic acids is 2. The van der Waals surface area contributed by atoms with Crippen LogP contribution in [-0.2, 0) is 11.3 Å². The van der Waals surface area contributed by atoms with Crippen LogP contribution >= 0.6 is 11.6 Å². The van der Waals surface area contributed by atoms with E-state index in [1.807, 2.05) is 30.3 Å². The molecule has 0 aromatic heterocycles. The van der Waals surface area contributed by atoms with Crippen LogP contribution in [0.4, 0.5) is 10.5 Å². The van der Waals surface area contributed by atoms with Crippen LogP contribution in [-0.4, -0.2) is 30.6 Å². The Morgan fingerprint density at radius 2 is 2.03 bits per heavy atom. The summed E-state index contributed by atoms with van der Waals surface area (Å²) >= 11 is 6.16. The molecule has 0 unspecified atom stereocenters. The highest BCUT2D eigenvalue weighted by atomic mass is 35.5. The van der Waals surface area contributed by atoms with Crippen molar-refractivity contribution in [3.05, 3.63) is 77.3 Å². The molecule has 1 aliphatic rings. The van der Waals surface area contributed by atoms with Gasteiger partial charge in [-0.05, 0) is 43.1 Å². The fourth-order valence-corrected chi connectivity index (χ4v) is 3.57. The maximum atomic E-state index is 12.8. The zero-order valence-corrected chi connectivity index (χ0v) is 16.8. The van der Waals surface area contributed by atoms with Gasteiger partial charge in [0.05, 0.1) is 5.54 Å². The minimum atomic E-state index is -0.620. The maximum absolute atomic E-state index is 12.8. The van der Waals surface area contributed by atoms with E-state index in [9.17, 15) is 9.59 Å². The summed E-state index contributed by atoms with van der Waals surface area (Å²) in [5.41, 5.74) is 1.28. The molecule has 2 aromatic rings. The molecule has 2 aromatic carbocycles. The van der Waals surface area contributed by atoms with Crippen molar-refractivity contribution in [2.24, 2.45) is 0 Å². The molecular weight excluding hydrogens is 390 g/mol. The lowest BCUT2D eigenvalue weighted by Crippen LogP contribution is -2.49. The molecule has 7 heteroatoms. The Hall–Kier alpha value is -2.83. The first-order valence-corrected chi connectivity index (χ1v) is 9.80. The summed E-state index contributed by atoms with van der Waals surface area (Å²) in [7, 11) is 0. The molecule has 1 fully saturated rings. The summed E-state index contributed by atoms with van der Waals surface area (Å²) < 4.78 is 5.21. The van der Waals surface area contributed by atoms with Gasteiger partial charge in [0.1, 0.15) is 6.61 Å². The van der Waals surface area contributed by atoms with Gasteiger partial charge in [-0.2, -0.15) is 0 Å². The van der Waals surface area contributed by atoms with Gasteiger partial charge in [-0.3, -0.25) is 10.1 Å². The average molecular weight is 414 g/mol. The van der Waals surface area contributed by atoms with E-state index in [2.05, 4.69) is 22.5 Å². The zero-order valence-electron chi connectivity index (χ0n) is 16.0. The van der Waals surface area contributed by atoms with Crippen LogP contribution in [0.1, 0.15) is 28.8 Å². The van der Waals surface area contributed by atoms with Gasteiger partial charge >= 0.3 is 6.09 Å². The third kappa shape index (κ3) is 5.82. The van der Waals surface area contributed by atoms with E-state index in [1.165, 1.54) is 0 Å². The van der Waals surface area contributed by atoms with Crippen molar-refractivity contribution in [3.8, 4) is 0 Å². The van der Waals surface area contributed by atoms with E-state index in [0.717, 1.165) is 18.5 Å². The van der Waals surface area contributed by atoms with E-state index in [1.54, 1.807) is 24.3 Å². The highest BCUT2D eigenvalue weighted by Crippen LogP contribution is 2.23. The van der Waals surface area contributed by atoms with Crippen LogP contribution in [0.2, 0.25) is 5.02 Å². The molecule has 0 radical (unpaired) electrons. The van der Waals surface area contributed by atoms with Crippen molar-refractivity contribution in [2.75, 3.05) is 18.4 Å². The van der Waals surface area contributed by atoms with Crippen molar-refractivity contribution in [3.63, 3.8) is 0 Å². The molecule has 1 aliphatic heterocycles. The Morgan fingerprint density at radius 1 is 1.24 bits per heavy atom. The minimum Gasteiger partial charge on any atom is -0.444 e. The van der Waals surface area contributed by atoms with Crippen molar-refractivity contribution in [1.29, 1.82) is 0 Å². The number of ether oxygens (including phenoxy) is 1. The minimum absolute atomic E-state index is 0.150. The van der Waals surface area contributed by atoms with Crippen molar-refractivity contribution >= 4 is 29.3 Å². The highest BCUT2D eigenvalue weighted by molar-refractivity contribution is 6.31. The van der Waals surface area contributed by atoms with Gasteiger partial charge < -0.3 is 15.4 Å². The van der Waals surface area contributed by atoms with Crippen LogP contribution in [0.3, 0.4) is 0 Å². The summed E-state index contributed by atoms with van der Waals surface area (Å²) in [6.45, 7) is 5.46. The van der Waals surface area contributed by atoms with Crippen LogP contribution in [0.5, 0.6) is 0 Å². The van der Waals surface area contributed by atoms with Crippen molar-refractivity contribution < 1.29 is 14.3 Å². The monoisotopic (exact) mass is 413 g/mol. The van der Waals surface area contributed by atoms with Crippen molar-refractivity contribution in [1.82, 2.24) is 10.6 Å². The predicted molar refractivity (Wildman–Crippen MR) is 114 cm³/mol. The first kappa shape index (κ1) is 20.9. The summed E-state index contributed by atoms with van der Waals surface area (Å²) in [6, 6.07) is 14.1. The number of anilines is 1. The molecule has 6 nitrogen and oxygen atoms in total. The van der Waals surface area contributed by atoms with E-state index < -0.39 is 6.09 Å². The average Bonchev–Trinajstić information content (AvgIpc) is 3.15. The van der Waals surface area contributed by atoms with Gasteiger partial charge in [0.25, 0.3) is 5.91 Å². The summed E-state index contributed by atoms with van der Waals surface area (Å²) in [5.74, 6) is -0.251. The first-order chi connectivity index (χ1) is 14.0. The molecule has 1 saturated heterocycles. The second kappa shape index (κ2) is 9.58. The van der Waals surface area contributed by atoms with E-state index in [4.69, 9.17) is 16.3 Å². The van der Waals surface area contributed by atoms with Gasteiger partial charge in [0.2, 0.25) is 0 Å². The Morgan fingerprint density at radius 3 is 2.72 bits per heavy atom. The third-order valence-electron chi connectivity index (χ3n) is 4.78. The van der Waals surface area contributed by atoms with Gasteiger partial charge in [-0.25, -0.2) is 4.79 Å². The van der Waals surface area contributed by atoms with Gasteiger partial charge in [-0.15, -0.1) is 6.58 Å². The van der Waals surface area contributed by atoms with Gasteiger partial charge in [-0.1, -0.05) is 48.0 Å². The number of hydrogen-bond donors (Lipinski definition) is 3. The number of halogens is 1. The highest BCUT2D eigenvalue weighted by Gasteiger charge is 2.34. The predicted octanol–water partition coefficient (Wildman–Crippen LogP) is 4.13. The Balaban J connectivity index is 1.65. The molecule has 29 heavy (non-hydrogen) atoms. The Labute approximate surface area is 175 Å². The standard InChI is InChI=1S/C22H24ClN3O3/c1-2-8-22(9-10-24-15-22)26-20(27)17-11-18(23)13-19(12-17)25-21(28)29-14-16-6-4-3-5-7-16/h2-7,11-13,24H,1,8-10,14-15H2,(H,25,28)(H,26,27)/t22-/m0/s1. The summed E-state index contributed by atoms with van der Waals surface area (Å²) in [4.78, 5) is 24.9. The molecule has 1 atom stereocenters. The largest absolute Gasteiger partial charge is 0.444 e. The van der Waals surface area contributed by atoms with Crippen LogP contribution < -0.4 is 16.0 Å². The number of nitrogens with one attached hydrogen (secondary N) is 3. The smallest absolute Gasteiger partial charge is 0.411 e. The number of amides is 2. The number of hydrogen-bond acceptors (Lipinski definition) is 4. The van der Waals surface area contributed by atoms with E-state index >= 15 is 0 Å². The number of carbonyl (C=O) groups is 2. The topological polar surface area (TPSA) is 79.5 Å². The molecule has 3 rings (SSSR count). The van der Waals surface area contributed by atoms with Gasteiger partial charge in [0, 0.05) is 22.8 Å². The lowest BCUT2D eigenvalue weighted by atomic mass is 9.93. The second-order valence-corrected chi connectivity index (χ2v) is 7.51. The molecule has 2 amide bonds. The fraction of sp³-hybridized carbons (Fsp3) is 0.273. The lowest BCUT2D eigenvalue weighted by Gasteiger charge is -2.28. The SMILES string of the molecule is C=CC[C@]1(NC(=O)c2cc(Cl)cc(NC(=O)OCc3ccccc3)c2)CCNC1. The molecule has 0 spiro atoms. The number of rotatable bonds is 7. The fourth-order valence-electron chi connectivity index (χ4n) is 3.33. The van der Waals surface area contributed by atoms with Crippen LogP contribution in [0.15, 0.2) is 61.2 Å². The molecule has 3 N–H and O–H groups in total. The Kier molecular flexibility index (Phi) is 6.90. The quantitative estimate of drug-likeness (QED) is 0.596. The van der Waals surface area contributed by atoms with E-state index in [-0.39, 0.29) is 18.1 Å². The molecule has 0 aliphatic carbocycles. The van der Waals surface area contributed by atoms with Crippen LogP contribution in [0.25, 0.3) is 0 Å². The maximum Gasteiger partial charge on any atom is 0.411 e. The molecule has 152 valence electrons. The normalized spacial score (nSPS) is 18.1. The first-order valence-electron chi connectivity index (χ1n) is 9.42. The van der Waals surface area contributed by atoms with E-state index in [0.29, 0.717) is 29.2 Å². The molecule has 0 saturated carbocycles. The van der Waals surface area contributed by atoms with Gasteiger partial charge in [0.15, 0.2) is 0 Å². The molecule has 0 bridgehead atoms. The third-order valence-corrected chi connectivity index (χ3v) is 4.99. The lowest BCUT2D eigenvalue weighted by molar-refractivity contribution is 0.0906. The molecule has 1 heterocycles. The van der Waals surface area contributed by atoms with Crippen molar-refractivity contribution in [2.45, 2.75) is 25.0 Å². The summed E-state index contributed by atoms with van der Waals surface area (Å²) in [6.07, 6.45) is 2.68. The second-order valence-electron chi connectivity index (χ2n) is 7.07. The number of benzene rings is 2. The summed E-state index contributed by atoms with van der Waals surface area (Å²) in [5, 5.41) is 9.33. The van der Waals surface area contributed by atoms with Crippen LogP contribution in [0, 0.1) is 0 Å². The Bertz CT molecular complexity index is 880. The molecular formula is C22H24ClN3O3.